The second-order valence-electron chi connectivity index (χ2n) is 6.03. The predicted octanol–water partition coefficient (Wildman–Crippen LogP) is 3.21. The van der Waals surface area contributed by atoms with Gasteiger partial charge in [-0.05, 0) is 48.9 Å². The Balaban J connectivity index is 1.77. The van der Waals surface area contributed by atoms with E-state index in [4.69, 9.17) is 14.7 Å². The van der Waals surface area contributed by atoms with Gasteiger partial charge in [-0.3, -0.25) is 4.79 Å². The molecule has 0 saturated carbocycles. The number of ether oxygens (including phenoxy) is 2. The number of rotatable bonds is 4. The first-order valence-corrected chi connectivity index (χ1v) is 8.17. The summed E-state index contributed by atoms with van der Waals surface area (Å²) in [5.41, 5.74) is 2.23. The van der Waals surface area contributed by atoms with E-state index in [0.717, 1.165) is 23.5 Å². The fourth-order valence-electron chi connectivity index (χ4n) is 3.23. The van der Waals surface area contributed by atoms with E-state index in [1.54, 1.807) is 38.5 Å². The van der Waals surface area contributed by atoms with Gasteiger partial charge in [0, 0.05) is 30.1 Å². The largest absolute Gasteiger partial charge is 0.497 e. The first kappa shape index (κ1) is 16.8. The summed E-state index contributed by atoms with van der Waals surface area (Å²) in [6, 6.07) is 14.6. The van der Waals surface area contributed by atoms with Crippen molar-refractivity contribution in [3.8, 4) is 17.6 Å². The van der Waals surface area contributed by atoms with Crippen LogP contribution < -0.4 is 9.47 Å². The number of methoxy groups -OCH3 is 2. The summed E-state index contributed by atoms with van der Waals surface area (Å²) in [5.74, 6) is 1.81. The molecule has 1 aliphatic heterocycles. The van der Waals surface area contributed by atoms with Crippen LogP contribution in [0, 0.1) is 11.3 Å². The minimum absolute atomic E-state index is 0.00569. The maximum atomic E-state index is 12.7. The van der Waals surface area contributed by atoms with E-state index in [1.807, 2.05) is 23.1 Å². The molecular weight excluding hydrogens is 316 g/mol. The molecule has 1 unspecified atom stereocenters. The number of hydrogen-bond acceptors (Lipinski definition) is 4. The van der Waals surface area contributed by atoms with Gasteiger partial charge in [0.05, 0.1) is 25.9 Å². The van der Waals surface area contributed by atoms with Crippen molar-refractivity contribution in [1.82, 2.24) is 4.90 Å². The van der Waals surface area contributed by atoms with E-state index < -0.39 is 0 Å². The maximum Gasteiger partial charge on any atom is 0.253 e. The van der Waals surface area contributed by atoms with Crippen molar-refractivity contribution in [3.05, 3.63) is 59.2 Å². The van der Waals surface area contributed by atoms with Gasteiger partial charge in [0.1, 0.15) is 11.5 Å². The molecule has 3 rings (SSSR count). The highest BCUT2D eigenvalue weighted by Crippen LogP contribution is 2.36. The van der Waals surface area contributed by atoms with Crippen molar-refractivity contribution in [2.45, 2.75) is 12.3 Å². The first-order valence-electron chi connectivity index (χ1n) is 8.17. The van der Waals surface area contributed by atoms with Crippen LogP contribution in [-0.4, -0.2) is 38.1 Å². The van der Waals surface area contributed by atoms with Crippen LogP contribution in [0.25, 0.3) is 0 Å². The van der Waals surface area contributed by atoms with Crippen molar-refractivity contribution >= 4 is 5.91 Å². The van der Waals surface area contributed by atoms with Crippen LogP contribution in [0.4, 0.5) is 0 Å². The molecule has 1 atom stereocenters. The summed E-state index contributed by atoms with van der Waals surface area (Å²) < 4.78 is 10.8. The lowest BCUT2D eigenvalue weighted by Gasteiger charge is -2.18. The third-order valence-electron chi connectivity index (χ3n) is 4.61. The van der Waals surface area contributed by atoms with Gasteiger partial charge in [-0.2, -0.15) is 5.26 Å². The van der Waals surface area contributed by atoms with Crippen LogP contribution in [0.2, 0.25) is 0 Å². The molecule has 1 saturated heterocycles. The number of nitriles is 1. The standard InChI is InChI=1S/C20H20N2O3/c1-24-17-7-8-19(25-2)18(11-17)16-9-10-22(13-16)20(23)15-5-3-14(12-21)4-6-15/h3-8,11,16H,9-10,13H2,1-2H3. The highest BCUT2D eigenvalue weighted by molar-refractivity contribution is 5.94. The molecular formula is C20H20N2O3. The summed E-state index contributed by atoms with van der Waals surface area (Å²) in [7, 11) is 3.29. The van der Waals surface area contributed by atoms with Gasteiger partial charge in [-0.15, -0.1) is 0 Å². The summed E-state index contributed by atoms with van der Waals surface area (Å²) in [6.45, 7) is 1.34. The minimum Gasteiger partial charge on any atom is -0.497 e. The molecule has 0 aliphatic carbocycles. The van der Waals surface area contributed by atoms with Crippen LogP contribution in [0.15, 0.2) is 42.5 Å². The highest BCUT2D eigenvalue weighted by Gasteiger charge is 2.30. The zero-order chi connectivity index (χ0) is 17.8. The van der Waals surface area contributed by atoms with Gasteiger partial charge >= 0.3 is 0 Å². The maximum absolute atomic E-state index is 12.7. The number of benzene rings is 2. The molecule has 1 amide bonds. The van der Waals surface area contributed by atoms with E-state index in [0.29, 0.717) is 24.2 Å². The average molecular weight is 336 g/mol. The number of likely N-dealkylation sites (tertiary alicyclic amines) is 1. The second kappa shape index (κ2) is 7.27. The minimum atomic E-state index is -0.00569. The molecule has 0 radical (unpaired) electrons. The zero-order valence-electron chi connectivity index (χ0n) is 14.4. The van der Waals surface area contributed by atoms with E-state index in [9.17, 15) is 4.79 Å². The monoisotopic (exact) mass is 336 g/mol. The van der Waals surface area contributed by atoms with Gasteiger partial charge in [-0.1, -0.05) is 0 Å². The van der Waals surface area contributed by atoms with Crippen LogP contribution in [0.5, 0.6) is 11.5 Å². The Hall–Kier alpha value is -3.00. The summed E-state index contributed by atoms with van der Waals surface area (Å²) in [4.78, 5) is 14.5. The smallest absolute Gasteiger partial charge is 0.253 e. The van der Waals surface area contributed by atoms with Crippen molar-refractivity contribution in [1.29, 1.82) is 5.26 Å². The quantitative estimate of drug-likeness (QED) is 0.860. The molecule has 128 valence electrons. The van der Waals surface area contributed by atoms with Crippen LogP contribution in [-0.2, 0) is 0 Å². The summed E-state index contributed by atoms with van der Waals surface area (Å²) in [6.07, 6.45) is 0.881. The molecule has 2 aromatic carbocycles. The Morgan fingerprint density at radius 1 is 1.16 bits per heavy atom. The Bertz CT molecular complexity index is 809. The average Bonchev–Trinajstić information content (AvgIpc) is 3.17. The van der Waals surface area contributed by atoms with Gasteiger partial charge in [0.2, 0.25) is 0 Å². The number of nitrogens with zero attached hydrogens (tertiary/aromatic N) is 2. The molecule has 0 aromatic heterocycles. The van der Waals surface area contributed by atoms with Gasteiger partial charge in [0.25, 0.3) is 5.91 Å². The van der Waals surface area contributed by atoms with Crippen molar-refractivity contribution in [2.75, 3.05) is 27.3 Å². The molecule has 5 heteroatoms. The van der Waals surface area contributed by atoms with Crippen molar-refractivity contribution in [2.24, 2.45) is 0 Å². The lowest BCUT2D eigenvalue weighted by molar-refractivity contribution is 0.0790. The Morgan fingerprint density at radius 3 is 2.56 bits per heavy atom. The van der Waals surface area contributed by atoms with Gasteiger partial charge in [0.15, 0.2) is 0 Å². The number of carbonyl (C=O) groups is 1. The van der Waals surface area contributed by atoms with E-state index in [-0.39, 0.29) is 11.8 Å². The molecule has 0 N–H and O–H groups in total. The fraction of sp³-hybridized carbons (Fsp3) is 0.300. The molecule has 1 heterocycles. The van der Waals surface area contributed by atoms with E-state index in [2.05, 4.69) is 6.07 Å². The number of carbonyl (C=O) groups excluding carboxylic acids is 1. The van der Waals surface area contributed by atoms with E-state index in [1.165, 1.54) is 0 Å². The fourth-order valence-corrected chi connectivity index (χ4v) is 3.23. The van der Waals surface area contributed by atoms with Gasteiger partial charge in [-0.25, -0.2) is 0 Å². The molecule has 0 bridgehead atoms. The first-order chi connectivity index (χ1) is 12.2. The summed E-state index contributed by atoms with van der Waals surface area (Å²) >= 11 is 0. The third kappa shape index (κ3) is 3.43. The van der Waals surface area contributed by atoms with Crippen LogP contribution in [0.3, 0.4) is 0 Å². The van der Waals surface area contributed by atoms with Crippen molar-refractivity contribution in [3.63, 3.8) is 0 Å². The van der Waals surface area contributed by atoms with Crippen molar-refractivity contribution < 1.29 is 14.3 Å². The zero-order valence-corrected chi connectivity index (χ0v) is 14.4. The molecule has 1 fully saturated rings. The third-order valence-corrected chi connectivity index (χ3v) is 4.61. The Labute approximate surface area is 147 Å². The number of hydrogen-bond donors (Lipinski definition) is 0. The van der Waals surface area contributed by atoms with E-state index >= 15 is 0 Å². The summed E-state index contributed by atoms with van der Waals surface area (Å²) in [5, 5.41) is 8.86. The lowest BCUT2D eigenvalue weighted by atomic mass is 9.97. The highest BCUT2D eigenvalue weighted by atomic mass is 16.5. The van der Waals surface area contributed by atoms with Crippen LogP contribution >= 0.6 is 0 Å². The molecule has 5 nitrogen and oxygen atoms in total. The number of amides is 1. The van der Waals surface area contributed by atoms with Gasteiger partial charge < -0.3 is 14.4 Å². The molecule has 25 heavy (non-hydrogen) atoms. The predicted molar refractivity (Wildman–Crippen MR) is 94.0 cm³/mol. The SMILES string of the molecule is COc1ccc(OC)c(C2CCN(C(=O)c3ccc(C#N)cc3)C2)c1. The topological polar surface area (TPSA) is 62.6 Å². The molecule has 2 aromatic rings. The lowest BCUT2D eigenvalue weighted by Crippen LogP contribution is -2.28. The molecule has 1 aliphatic rings. The Kier molecular flexibility index (Phi) is 4.90. The Morgan fingerprint density at radius 2 is 1.92 bits per heavy atom. The second-order valence-corrected chi connectivity index (χ2v) is 6.03. The molecule has 0 spiro atoms. The van der Waals surface area contributed by atoms with Crippen LogP contribution in [0.1, 0.15) is 33.8 Å². The normalized spacial score (nSPS) is 16.4.